The van der Waals surface area contributed by atoms with Gasteiger partial charge in [-0.15, -0.1) is 11.3 Å². The molecule has 0 spiro atoms. The van der Waals surface area contributed by atoms with Crippen LogP contribution in [0.2, 0.25) is 5.02 Å². The van der Waals surface area contributed by atoms with Crippen LogP contribution in [0.4, 0.5) is 17.2 Å². The van der Waals surface area contributed by atoms with Crippen LogP contribution in [-0.4, -0.2) is 13.4 Å². The van der Waals surface area contributed by atoms with Crippen LogP contribution in [0.15, 0.2) is 58.9 Å². The van der Waals surface area contributed by atoms with Gasteiger partial charge in [-0.2, -0.15) is 0 Å². The molecule has 0 saturated heterocycles. The van der Waals surface area contributed by atoms with Crippen LogP contribution >= 0.6 is 22.9 Å². The van der Waals surface area contributed by atoms with E-state index in [1.165, 1.54) is 17.5 Å². The molecule has 0 radical (unpaired) electrons. The van der Waals surface area contributed by atoms with Gasteiger partial charge in [0, 0.05) is 15.6 Å². The zero-order valence-electron chi connectivity index (χ0n) is 13.4. The van der Waals surface area contributed by atoms with Crippen LogP contribution in [0, 0.1) is 0 Å². The molecule has 0 aliphatic carbocycles. The highest BCUT2D eigenvalue weighted by atomic mass is 35.5. The number of nitrogens with one attached hydrogen (secondary N) is 2. The summed E-state index contributed by atoms with van der Waals surface area (Å²) in [6, 6.07) is 14.0. The number of sulfonamides is 1. The molecule has 5 nitrogen and oxygen atoms in total. The van der Waals surface area contributed by atoms with Gasteiger partial charge in [-0.25, -0.2) is 13.4 Å². The molecule has 2 N–H and O–H groups in total. The smallest absolute Gasteiger partial charge is 0.271 e. The van der Waals surface area contributed by atoms with E-state index >= 15 is 0 Å². The molecule has 0 bridgehead atoms. The van der Waals surface area contributed by atoms with Crippen LogP contribution in [0.25, 0.3) is 0 Å². The second kappa shape index (κ2) is 7.43. The fourth-order valence-electron chi connectivity index (χ4n) is 2.11. The number of rotatable bonds is 6. The first-order valence-corrected chi connectivity index (χ1v) is 10.2. The van der Waals surface area contributed by atoms with Crippen LogP contribution in [0.3, 0.4) is 0 Å². The lowest BCUT2D eigenvalue weighted by Gasteiger charge is -2.08. The number of aryl methyl sites for hydroxylation is 1. The van der Waals surface area contributed by atoms with Gasteiger partial charge >= 0.3 is 0 Å². The summed E-state index contributed by atoms with van der Waals surface area (Å²) in [5.74, 6) is 0.606. The zero-order valence-corrected chi connectivity index (χ0v) is 15.8. The molecule has 0 saturated carbocycles. The zero-order chi connectivity index (χ0) is 17.9. The third-order valence-electron chi connectivity index (χ3n) is 3.38. The summed E-state index contributed by atoms with van der Waals surface area (Å²) < 4.78 is 27.6. The molecule has 0 amide bonds. The van der Waals surface area contributed by atoms with Gasteiger partial charge in [0.05, 0.1) is 11.9 Å². The molecule has 3 aromatic rings. The highest BCUT2D eigenvalue weighted by molar-refractivity contribution is 7.94. The largest absolute Gasteiger partial charge is 0.340 e. The van der Waals surface area contributed by atoms with Crippen molar-refractivity contribution >= 4 is 50.2 Å². The molecule has 130 valence electrons. The van der Waals surface area contributed by atoms with Crippen LogP contribution in [-0.2, 0) is 16.4 Å². The first-order chi connectivity index (χ1) is 12.0. The maximum atomic E-state index is 12.4. The van der Waals surface area contributed by atoms with E-state index in [1.807, 2.05) is 25.1 Å². The third kappa shape index (κ3) is 4.50. The fourth-order valence-corrected chi connectivity index (χ4v) is 4.57. The summed E-state index contributed by atoms with van der Waals surface area (Å²) in [5, 5.41) is 3.77. The predicted octanol–water partition coefficient (Wildman–Crippen LogP) is 4.90. The summed E-state index contributed by atoms with van der Waals surface area (Å²) in [7, 11) is -3.59. The monoisotopic (exact) mass is 393 g/mol. The standard InChI is InChI=1S/C17H16ClN3O2S2/c1-2-15-8-10-17(24-15)25(22,23)21-14-7-9-16(19-11-14)20-13-5-3-12(18)4-6-13/h3-11,21H,2H2,1H3,(H,19,20). The minimum atomic E-state index is -3.59. The van der Waals surface area contributed by atoms with E-state index in [1.54, 1.807) is 30.3 Å². The van der Waals surface area contributed by atoms with Crippen molar-refractivity contribution in [1.82, 2.24) is 4.98 Å². The topological polar surface area (TPSA) is 71.1 Å². The second-order valence-corrected chi connectivity index (χ2v) is 8.76. The van der Waals surface area contributed by atoms with E-state index in [-0.39, 0.29) is 0 Å². The van der Waals surface area contributed by atoms with E-state index in [4.69, 9.17) is 11.6 Å². The van der Waals surface area contributed by atoms with E-state index in [0.29, 0.717) is 20.7 Å². The highest BCUT2D eigenvalue weighted by Crippen LogP contribution is 2.25. The maximum Gasteiger partial charge on any atom is 0.271 e. The third-order valence-corrected chi connectivity index (χ3v) is 6.74. The molecule has 0 aliphatic heterocycles. The molecule has 0 atom stereocenters. The molecule has 8 heteroatoms. The summed E-state index contributed by atoms with van der Waals surface area (Å²) in [4.78, 5) is 5.26. The maximum absolute atomic E-state index is 12.4. The molecule has 2 aromatic heterocycles. The molecular formula is C17H16ClN3O2S2. The average Bonchev–Trinajstić information content (AvgIpc) is 3.09. The van der Waals surface area contributed by atoms with E-state index in [2.05, 4.69) is 15.0 Å². The average molecular weight is 394 g/mol. The number of hydrogen-bond acceptors (Lipinski definition) is 5. The Morgan fingerprint density at radius 1 is 1.04 bits per heavy atom. The summed E-state index contributed by atoms with van der Waals surface area (Å²) in [5.41, 5.74) is 1.25. The Kier molecular flexibility index (Phi) is 5.27. The first kappa shape index (κ1) is 17.7. The van der Waals surface area contributed by atoms with Crippen LogP contribution in [0.5, 0.6) is 0 Å². The summed E-state index contributed by atoms with van der Waals surface area (Å²) in [6.45, 7) is 1.99. The quantitative estimate of drug-likeness (QED) is 0.624. The Morgan fingerprint density at radius 2 is 1.76 bits per heavy atom. The van der Waals surface area contributed by atoms with E-state index < -0.39 is 10.0 Å². The molecule has 0 unspecified atom stereocenters. The minimum Gasteiger partial charge on any atom is -0.340 e. The molecule has 0 fully saturated rings. The molecule has 2 heterocycles. The lowest BCUT2D eigenvalue weighted by atomic mass is 10.3. The van der Waals surface area contributed by atoms with Crippen molar-refractivity contribution in [1.29, 1.82) is 0 Å². The molecule has 0 aliphatic rings. The first-order valence-electron chi connectivity index (χ1n) is 7.56. The minimum absolute atomic E-state index is 0.299. The van der Waals surface area contributed by atoms with Crippen molar-refractivity contribution in [2.24, 2.45) is 0 Å². The number of halogens is 1. The Morgan fingerprint density at radius 3 is 2.36 bits per heavy atom. The van der Waals surface area contributed by atoms with Crippen LogP contribution in [0.1, 0.15) is 11.8 Å². The predicted molar refractivity (Wildman–Crippen MR) is 103 cm³/mol. The van der Waals surface area contributed by atoms with E-state index in [9.17, 15) is 8.42 Å². The van der Waals surface area contributed by atoms with Gasteiger partial charge in [-0.05, 0) is 55.0 Å². The molecule has 3 rings (SSSR count). The molecule has 1 aromatic carbocycles. The molecule has 25 heavy (non-hydrogen) atoms. The van der Waals surface area contributed by atoms with Crippen molar-refractivity contribution < 1.29 is 8.42 Å². The van der Waals surface area contributed by atoms with Gasteiger partial charge in [-0.1, -0.05) is 18.5 Å². The van der Waals surface area contributed by atoms with Gasteiger partial charge in [-0.3, -0.25) is 4.72 Å². The van der Waals surface area contributed by atoms with Crippen molar-refractivity contribution in [2.45, 2.75) is 17.6 Å². The van der Waals surface area contributed by atoms with Gasteiger partial charge in [0.15, 0.2) is 0 Å². The number of nitrogens with zero attached hydrogens (tertiary/aromatic N) is 1. The van der Waals surface area contributed by atoms with Crippen molar-refractivity contribution in [3.8, 4) is 0 Å². The van der Waals surface area contributed by atoms with E-state index in [0.717, 1.165) is 17.0 Å². The van der Waals surface area contributed by atoms with Crippen LogP contribution < -0.4 is 10.0 Å². The lowest BCUT2D eigenvalue weighted by molar-refractivity contribution is 0.603. The Balaban J connectivity index is 1.70. The number of anilines is 3. The van der Waals surface area contributed by atoms with Gasteiger partial charge < -0.3 is 5.32 Å². The lowest BCUT2D eigenvalue weighted by Crippen LogP contribution is -2.11. The SMILES string of the molecule is CCc1ccc(S(=O)(=O)Nc2ccc(Nc3ccc(Cl)cc3)nc2)s1. The number of hydrogen-bond donors (Lipinski definition) is 2. The number of thiophene rings is 1. The van der Waals surface area contributed by atoms with Crippen molar-refractivity contribution in [3.05, 3.63) is 64.6 Å². The molecular weight excluding hydrogens is 378 g/mol. The second-order valence-electron chi connectivity index (χ2n) is 5.24. The van der Waals surface area contributed by atoms with Gasteiger partial charge in [0.2, 0.25) is 0 Å². The fraction of sp³-hybridized carbons (Fsp3) is 0.118. The van der Waals surface area contributed by atoms with Gasteiger partial charge in [0.1, 0.15) is 10.0 Å². The summed E-state index contributed by atoms with van der Waals surface area (Å²) >= 11 is 7.12. The number of aromatic nitrogens is 1. The number of benzene rings is 1. The van der Waals surface area contributed by atoms with Crippen molar-refractivity contribution in [3.63, 3.8) is 0 Å². The number of pyridine rings is 1. The Bertz CT molecular complexity index is 952. The summed E-state index contributed by atoms with van der Waals surface area (Å²) in [6.07, 6.45) is 2.29. The van der Waals surface area contributed by atoms with Gasteiger partial charge in [0.25, 0.3) is 10.0 Å². The normalized spacial score (nSPS) is 11.3. The highest BCUT2D eigenvalue weighted by Gasteiger charge is 2.16. The Labute approximate surface area is 155 Å². The Hall–Kier alpha value is -2.09. The van der Waals surface area contributed by atoms with Crippen molar-refractivity contribution in [2.75, 3.05) is 10.0 Å².